The Bertz CT molecular complexity index is 61.9. The van der Waals surface area contributed by atoms with E-state index in [1.807, 2.05) is 13.8 Å². The Morgan fingerprint density at radius 1 is 1.33 bits per heavy atom. The maximum absolute atomic E-state index is 8.62. The summed E-state index contributed by atoms with van der Waals surface area (Å²) in [7, 11) is 0. The van der Waals surface area contributed by atoms with Gasteiger partial charge in [0.25, 0.3) is 0 Å². The summed E-state index contributed by atoms with van der Waals surface area (Å²) in [6, 6.07) is 0. The van der Waals surface area contributed by atoms with E-state index >= 15 is 0 Å². The van der Waals surface area contributed by atoms with Crippen molar-refractivity contribution in [2.24, 2.45) is 5.92 Å². The van der Waals surface area contributed by atoms with Crippen LogP contribution < -0.4 is 0 Å². The van der Waals surface area contributed by atoms with E-state index in [4.69, 9.17) is 10.2 Å². The maximum Gasteiger partial charge on any atom is 0.221 e. The summed E-state index contributed by atoms with van der Waals surface area (Å²) in [6.07, 6.45) is 2.29. The van der Waals surface area contributed by atoms with Crippen LogP contribution in [0.5, 0.6) is 0 Å². The molecule has 1 radical (unpaired) electrons. The fourth-order valence-corrected chi connectivity index (χ4v) is 0.864. The van der Waals surface area contributed by atoms with Crippen molar-refractivity contribution < 1.29 is 10.2 Å². The molecule has 0 saturated heterocycles. The molecule has 0 aromatic heterocycles. The third kappa shape index (κ3) is 3.49. The third-order valence-corrected chi connectivity index (χ3v) is 1.50. The van der Waals surface area contributed by atoms with Gasteiger partial charge in [0.05, 0.1) is 0 Å². The van der Waals surface area contributed by atoms with Crippen LogP contribution in [0.15, 0.2) is 0 Å². The molecular weight excluding hydrogens is 116 g/mol. The van der Waals surface area contributed by atoms with Crippen LogP contribution >= 0.6 is 0 Å². The average molecular weight is 131 g/mol. The molecule has 2 nitrogen and oxygen atoms in total. The van der Waals surface area contributed by atoms with E-state index in [1.165, 1.54) is 0 Å². The van der Waals surface area contributed by atoms with E-state index in [-0.39, 0.29) is 5.92 Å². The molecule has 1 atom stereocenters. The van der Waals surface area contributed by atoms with Gasteiger partial charge in [-0.05, 0) is 12.8 Å². The van der Waals surface area contributed by atoms with Crippen molar-refractivity contribution in [3.05, 3.63) is 6.29 Å². The highest BCUT2D eigenvalue weighted by atomic mass is 16.5. The van der Waals surface area contributed by atoms with Crippen LogP contribution in [-0.2, 0) is 0 Å². The van der Waals surface area contributed by atoms with Crippen molar-refractivity contribution in [3.63, 3.8) is 0 Å². The maximum atomic E-state index is 8.62. The van der Waals surface area contributed by atoms with Crippen LogP contribution in [0.4, 0.5) is 0 Å². The van der Waals surface area contributed by atoms with E-state index in [0.717, 1.165) is 19.3 Å². The lowest BCUT2D eigenvalue weighted by Gasteiger charge is -2.12. The fourth-order valence-electron chi connectivity index (χ4n) is 0.864. The Morgan fingerprint density at radius 2 is 1.89 bits per heavy atom. The second-order valence-electron chi connectivity index (χ2n) is 2.25. The van der Waals surface area contributed by atoms with Gasteiger partial charge in [-0.2, -0.15) is 0 Å². The molecule has 0 heterocycles. The normalized spacial score (nSPS) is 14.3. The highest BCUT2D eigenvalue weighted by molar-refractivity contribution is 4.70. The van der Waals surface area contributed by atoms with Crippen LogP contribution in [-0.4, -0.2) is 10.2 Å². The molecule has 0 aliphatic heterocycles. The quantitative estimate of drug-likeness (QED) is 0.613. The number of hydrogen-bond donors (Lipinski definition) is 2. The molecule has 0 spiro atoms. The molecule has 55 valence electrons. The van der Waals surface area contributed by atoms with E-state index in [9.17, 15) is 0 Å². The Morgan fingerprint density at radius 3 is 2.00 bits per heavy atom. The predicted octanol–water partition coefficient (Wildman–Crippen LogP) is 2.05. The van der Waals surface area contributed by atoms with Gasteiger partial charge in [-0.15, -0.1) is 0 Å². The molecule has 2 heteroatoms. The molecule has 0 bridgehead atoms. The van der Waals surface area contributed by atoms with Crippen LogP contribution in [0, 0.1) is 12.2 Å². The van der Waals surface area contributed by atoms with Crippen LogP contribution in [0.1, 0.15) is 33.1 Å². The number of aliphatic hydroxyl groups is 2. The van der Waals surface area contributed by atoms with Gasteiger partial charge in [-0.25, -0.2) is 0 Å². The zero-order chi connectivity index (χ0) is 7.28. The summed E-state index contributed by atoms with van der Waals surface area (Å²) in [5, 5.41) is 17.2. The van der Waals surface area contributed by atoms with Gasteiger partial charge in [0.2, 0.25) is 6.29 Å². The largest absolute Gasteiger partial charge is 0.361 e. The Kier molecular flexibility index (Phi) is 4.72. The highest BCUT2D eigenvalue weighted by Crippen LogP contribution is 2.17. The fraction of sp³-hybridized carbons (Fsp3) is 0.857. The molecule has 2 N–H and O–H groups in total. The predicted molar refractivity (Wildman–Crippen MR) is 35.8 cm³/mol. The first-order chi connectivity index (χ1) is 4.22. The minimum atomic E-state index is -0.403. The van der Waals surface area contributed by atoms with Crippen molar-refractivity contribution in [1.82, 2.24) is 0 Å². The number of hydrogen-bond acceptors (Lipinski definition) is 2. The minimum absolute atomic E-state index is 0.00463. The second-order valence-corrected chi connectivity index (χ2v) is 2.25. The van der Waals surface area contributed by atoms with E-state index in [1.54, 1.807) is 0 Å². The lowest BCUT2D eigenvalue weighted by atomic mass is 10.0. The lowest BCUT2D eigenvalue weighted by molar-refractivity contribution is 0.0287. The van der Waals surface area contributed by atoms with Crippen molar-refractivity contribution in [1.29, 1.82) is 0 Å². The standard InChI is InChI=1S/C7H15O2/c1-3-5-6(4-2)7(8)9/h6,8-9H,3-5H2,1-2H3. The Hall–Kier alpha value is -0.0800. The first-order valence-corrected chi connectivity index (χ1v) is 3.47. The third-order valence-electron chi connectivity index (χ3n) is 1.50. The first kappa shape index (κ1) is 8.92. The van der Waals surface area contributed by atoms with Crippen LogP contribution in [0.2, 0.25) is 0 Å². The van der Waals surface area contributed by atoms with Gasteiger partial charge < -0.3 is 10.2 Å². The van der Waals surface area contributed by atoms with Crippen molar-refractivity contribution in [2.75, 3.05) is 0 Å². The Labute approximate surface area is 56.5 Å². The molecule has 9 heavy (non-hydrogen) atoms. The Balaban J connectivity index is 3.41. The molecule has 1 unspecified atom stereocenters. The zero-order valence-corrected chi connectivity index (χ0v) is 6.09. The average Bonchev–Trinajstić information content (AvgIpc) is 1.82. The zero-order valence-electron chi connectivity index (χ0n) is 6.09. The van der Waals surface area contributed by atoms with Crippen molar-refractivity contribution in [3.8, 4) is 0 Å². The summed E-state index contributed by atoms with van der Waals surface area (Å²) < 4.78 is 0. The molecule has 0 rings (SSSR count). The van der Waals surface area contributed by atoms with E-state index in [0.29, 0.717) is 0 Å². The molecule has 0 aromatic rings. The first-order valence-electron chi connectivity index (χ1n) is 3.47. The van der Waals surface area contributed by atoms with Gasteiger partial charge in [0.15, 0.2) is 0 Å². The number of rotatable bonds is 4. The van der Waals surface area contributed by atoms with Gasteiger partial charge in [0, 0.05) is 5.92 Å². The van der Waals surface area contributed by atoms with Crippen LogP contribution in [0.25, 0.3) is 0 Å². The monoisotopic (exact) mass is 131 g/mol. The summed E-state index contributed by atoms with van der Waals surface area (Å²) in [6.45, 7) is 3.98. The van der Waals surface area contributed by atoms with Crippen molar-refractivity contribution in [2.45, 2.75) is 33.1 Å². The number of aliphatic hydroxyl groups excluding tert-OH is 1. The SMILES string of the molecule is CCCC(CC)[C](O)O. The molecule has 0 aromatic carbocycles. The summed E-state index contributed by atoms with van der Waals surface area (Å²) >= 11 is 0. The topological polar surface area (TPSA) is 40.5 Å². The molecule has 0 aliphatic rings. The highest BCUT2D eigenvalue weighted by Gasteiger charge is 2.13. The van der Waals surface area contributed by atoms with Gasteiger partial charge in [-0.1, -0.05) is 20.3 Å². The second kappa shape index (κ2) is 4.77. The molecule has 0 amide bonds. The smallest absolute Gasteiger partial charge is 0.221 e. The molecule has 0 fully saturated rings. The lowest BCUT2D eigenvalue weighted by Crippen LogP contribution is -2.09. The van der Waals surface area contributed by atoms with E-state index in [2.05, 4.69) is 0 Å². The van der Waals surface area contributed by atoms with Gasteiger partial charge in [-0.3, -0.25) is 0 Å². The molecule has 0 saturated carbocycles. The van der Waals surface area contributed by atoms with Gasteiger partial charge in [0.1, 0.15) is 0 Å². The van der Waals surface area contributed by atoms with E-state index < -0.39 is 6.29 Å². The summed E-state index contributed by atoms with van der Waals surface area (Å²) in [5.74, 6) is -0.00463. The van der Waals surface area contributed by atoms with Crippen molar-refractivity contribution >= 4 is 0 Å². The summed E-state index contributed by atoms with van der Waals surface area (Å²) in [5.41, 5.74) is 0. The van der Waals surface area contributed by atoms with Crippen LogP contribution in [0.3, 0.4) is 0 Å². The summed E-state index contributed by atoms with van der Waals surface area (Å²) in [4.78, 5) is 0. The minimum Gasteiger partial charge on any atom is -0.361 e. The molecular formula is C7H15O2. The van der Waals surface area contributed by atoms with Gasteiger partial charge >= 0.3 is 0 Å². The molecule has 0 aliphatic carbocycles.